The summed E-state index contributed by atoms with van der Waals surface area (Å²) < 4.78 is 6.22. The van der Waals surface area contributed by atoms with Crippen LogP contribution in [0.5, 0.6) is 11.5 Å². The monoisotopic (exact) mass is 590 g/mol. The standard InChI is InChI=1S/C42H54O2/c1-2-3-4-5-6-7-8-9-10-11-12-13-14-15-16-23-33-44-37-31-32-41(43)40(34-37)42-38(35-25-19-17-20-26-35)29-24-30-39(42)36-27-21-18-22-28-36/h17-22,24-32,34,43H,2-16,23,33H2,1H3. The van der Waals surface area contributed by atoms with E-state index in [4.69, 9.17) is 4.74 Å². The normalized spacial score (nSPS) is 11.1. The van der Waals surface area contributed by atoms with Crippen molar-refractivity contribution in [3.05, 3.63) is 97.1 Å². The SMILES string of the molecule is CCCCCCCCCCCCCCCCCCOc1ccc(O)c(-c2c(-c3ccccc3)cccc2-c2ccccc2)c1. The average Bonchev–Trinajstić information content (AvgIpc) is 3.07. The molecule has 234 valence electrons. The first-order chi connectivity index (χ1) is 21.8. The molecule has 0 bridgehead atoms. The van der Waals surface area contributed by atoms with Crippen LogP contribution in [0, 0.1) is 0 Å². The highest BCUT2D eigenvalue weighted by Crippen LogP contribution is 2.44. The summed E-state index contributed by atoms with van der Waals surface area (Å²) in [7, 11) is 0. The van der Waals surface area contributed by atoms with Crippen LogP contribution in [0.1, 0.15) is 110 Å². The number of rotatable bonds is 21. The topological polar surface area (TPSA) is 29.5 Å². The van der Waals surface area contributed by atoms with Gasteiger partial charge in [-0.1, -0.05) is 182 Å². The van der Waals surface area contributed by atoms with E-state index < -0.39 is 0 Å². The Labute approximate surface area is 267 Å². The van der Waals surface area contributed by atoms with Crippen molar-refractivity contribution in [2.75, 3.05) is 6.61 Å². The second-order valence-electron chi connectivity index (χ2n) is 12.3. The van der Waals surface area contributed by atoms with E-state index in [0.717, 1.165) is 45.6 Å². The van der Waals surface area contributed by atoms with Crippen LogP contribution in [-0.2, 0) is 0 Å². The van der Waals surface area contributed by atoms with Gasteiger partial charge in [0.05, 0.1) is 6.61 Å². The lowest BCUT2D eigenvalue weighted by Gasteiger charge is -2.18. The van der Waals surface area contributed by atoms with Crippen molar-refractivity contribution in [1.82, 2.24) is 0 Å². The molecule has 0 spiro atoms. The molecule has 4 aromatic rings. The highest BCUT2D eigenvalue weighted by atomic mass is 16.5. The van der Waals surface area contributed by atoms with Crippen LogP contribution in [0.25, 0.3) is 33.4 Å². The summed E-state index contributed by atoms with van der Waals surface area (Å²) >= 11 is 0. The molecule has 0 aliphatic rings. The predicted octanol–water partition coefficient (Wildman–Crippen LogP) is 13.0. The van der Waals surface area contributed by atoms with E-state index in [1.165, 1.54) is 96.3 Å². The molecule has 2 nitrogen and oxygen atoms in total. The van der Waals surface area contributed by atoms with Crippen molar-refractivity contribution in [3.63, 3.8) is 0 Å². The fourth-order valence-corrected chi connectivity index (χ4v) is 6.20. The van der Waals surface area contributed by atoms with Crippen molar-refractivity contribution in [1.29, 1.82) is 0 Å². The molecule has 0 atom stereocenters. The van der Waals surface area contributed by atoms with Crippen LogP contribution in [0.15, 0.2) is 97.1 Å². The van der Waals surface area contributed by atoms with Gasteiger partial charge in [0.25, 0.3) is 0 Å². The molecular formula is C42H54O2. The maximum Gasteiger partial charge on any atom is 0.123 e. The molecule has 0 radical (unpaired) electrons. The molecule has 0 aliphatic heterocycles. The molecule has 0 amide bonds. The number of aromatic hydroxyl groups is 1. The van der Waals surface area contributed by atoms with E-state index in [9.17, 15) is 5.11 Å². The maximum absolute atomic E-state index is 11.1. The predicted molar refractivity (Wildman–Crippen MR) is 189 cm³/mol. The number of ether oxygens (including phenoxy) is 1. The molecule has 1 N–H and O–H groups in total. The molecule has 4 rings (SSSR count). The minimum absolute atomic E-state index is 0.264. The molecule has 0 saturated carbocycles. The molecular weight excluding hydrogens is 536 g/mol. The first-order valence-corrected chi connectivity index (χ1v) is 17.5. The van der Waals surface area contributed by atoms with Gasteiger partial charge in [0.1, 0.15) is 11.5 Å². The number of hydrogen-bond acceptors (Lipinski definition) is 2. The number of benzene rings is 4. The fraction of sp³-hybridized carbons (Fsp3) is 0.429. The molecule has 0 unspecified atom stereocenters. The van der Waals surface area contributed by atoms with E-state index in [0.29, 0.717) is 6.61 Å². The van der Waals surface area contributed by atoms with E-state index in [1.807, 2.05) is 24.3 Å². The quantitative estimate of drug-likeness (QED) is 0.0978. The summed E-state index contributed by atoms with van der Waals surface area (Å²) in [6.07, 6.45) is 21.8. The van der Waals surface area contributed by atoms with E-state index in [2.05, 4.69) is 73.7 Å². The molecule has 0 saturated heterocycles. The van der Waals surface area contributed by atoms with Gasteiger partial charge in [-0.2, -0.15) is 0 Å². The van der Waals surface area contributed by atoms with Crippen molar-refractivity contribution in [2.24, 2.45) is 0 Å². The van der Waals surface area contributed by atoms with Gasteiger partial charge in [0.15, 0.2) is 0 Å². The Balaban J connectivity index is 1.23. The smallest absolute Gasteiger partial charge is 0.123 e. The Morgan fingerprint density at radius 3 is 1.39 bits per heavy atom. The summed E-state index contributed by atoms with van der Waals surface area (Å²) in [4.78, 5) is 0. The third-order valence-corrected chi connectivity index (χ3v) is 8.74. The van der Waals surface area contributed by atoms with Gasteiger partial charge in [-0.05, 0) is 46.9 Å². The Hall–Kier alpha value is -3.52. The van der Waals surface area contributed by atoms with Crippen LogP contribution < -0.4 is 4.74 Å². The minimum Gasteiger partial charge on any atom is -0.507 e. The third-order valence-electron chi connectivity index (χ3n) is 8.74. The summed E-state index contributed by atoms with van der Waals surface area (Å²) in [6, 6.07) is 32.9. The molecule has 44 heavy (non-hydrogen) atoms. The van der Waals surface area contributed by atoms with Crippen LogP contribution in [0.2, 0.25) is 0 Å². The van der Waals surface area contributed by atoms with E-state index >= 15 is 0 Å². The van der Waals surface area contributed by atoms with Gasteiger partial charge in [0, 0.05) is 11.1 Å². The zero-order valence-corrected chi connectivity index (χ0v) is 27.1. The Bertz CT molecular complexity index is 1270. The lowest BCUT2D eigenvalue weighted by Crippen LogP contribution is -1.98. The average molecular weight is 591 g/mol. The lowest BCUT2D eigenvalue weighted by atomic mass is 9.87. The molecule has 2 heteroatoms. The first-order valence-electron chi connectivity index (χ1n) is 17.5. The second-order valence-corrected chi connectivity index (χ2v) is 12.3. The summed E-state index contributed by atoms with van der Waals surface area (Å²) in [6.45, 7) is 2.99. The van der Waals surface area contributed by atoms with Crippen LogP contribution in [-0.4, -0.2) is 11.7 Å². The van der Waals surface area contributed by atoms with Crippen molar-refractivity contribution in [3.8, 4) is 44.9 Å². The van der Waals surface area contributed by atoms with Gasteiger partial charge in [0.2, 0.25) is 0 Å². The largest absolute Gasteiger partial charge is 0.507 e. The second kappa shape index (κ2) is 19.7. The van der Waals surface area contributed by atoms with E-state index in [-0.39, 0.29) is 5.75 Å². The molecule has 0 aromatic heterocycles. The highest BCUT2D eigenvalue weighted by Gasteiger charge is 2.17. The molecule has 0 heterocycles. The van der Waals surface area contributed by atoms with Crippen LogP contribution in [0.3, 0.4) is 0 Å². The summed E-state index contributed by atoms with van der Waals surface area (Å²) in [5.74, 6) is 1.07. The fourth-order valence-electron chi connectivity index (χ4n) is 6.20. The number of phenolic OH excluding ortho intramolecular Hbond substituents is 1. The number of phenols is 1. The Morgan fingerprint density at radius 1 is 0.455 bits per heavy atom. The van der Waals surface area contributed by atoms with Crippen LogP contribution >= 0.6 is 0 Å². The van der Waals surface area contributed by atoms with Gasteiger partial charge in [-0.3, -0.25) is 0 Å². The summed E-state index contributed by atoms with van der Waals surface area (Å²) in [5, 5.41) is 11.1. The molecule has 0 fully saturated rings. The van der Waals surface area contributed by atoms with Gasteiger partial charge >= 0.3 is 0 Å². The zero-order valence-electron chi connectivity index (χ0n) is 27.1. The first kappa shape index (κ1) is 33.4. The van der Waals surface area contributed by atoms with Crippen molar-refractivity contribution >= 4 is 0 Å². The van der Waals surface area contributed by atoms with E-state index in [1.54, 1.807) is 6.07 Å². The van der Waals surface area contributed by atoms with Gasteiger partial charge in [-0.15, -0.1) is 0 Å². The number of unbranched alkanes of at least 4 members (excludes halogenated alkanes) is 15. The number of hydrogen-bond donors (Lipinski definition) is 1. The zero-order chi connectivity index (χ0) is 30.7. The molecule has 0 aliphatic carbocycles. The van der Waals surface area contributed by atoms with Crippen LogP contribution in [0.4, 0.5) is 0 Å². The minimum atomic E-state index is 0.264. The highest BCUT2D eigenvalue weighted by molar-refractivity contribution is 5.96. The Kier molecular flexibility index (Phi) is 14.9. The summed E-state index contributed by atoms with van der Waals surface area (Å²) in [5.41, 5.74) is 6.26. The third kappa shape index (κ3) is 10.9. The van der Waals surface area contributed by atoms with Gasteiger partial charge in [-0.25, -0.2) is 0 Å². The maximum atomic E-state index is 11.1. The van der Waals surface area contributed by atoms with Crippen molar-refractivity contribution in [2.45, 2.75) is 110 Å². The van der Waals surface area contributed by atoms with Gasteiger partial charge < -0.3 is 9.84 Å². The Morgan fingerprint density at radius 2 is 0.909 bits per heavy atom. The lowest BCUT2D eigenvalue weighted by molar-refractivity contribution is 0.304. The van der Waals surface area contributed by atoms with Crippen molar-refractivity contribution < 1.29 is 9.84 Å². The molecule has 4 aromatic carbocycles.